The van der Waals surface area contributed by atoms with Gasteiger partial charge in [-0.2, -0.15) is 0 Å². The predicted molar refractivity (Wildman–Crippen MR) is 126 cm³/mol. The molecule has 1 saturated heterocycles. The van der Waals surface area contributed by atoms with E-state index in [9.17, 15) is 0 Å². The largest absolute Gasteiger partial charge is 0.492 e. The van der Waals surface area contributed by atoms with Gasteiger partial charge in [-0.15, -0.1) is 0 Å². The molecule has 166 valence electrons. The van der Waals surface area contributed by atoms with E-state index in [2.05, 4.69) is 71.5 Å². The summed E-state index contributed by atoms with van der Waals surface area (Å²) in [4.78, 5) is 10.5. The molecular formula is C25H34N4O2. The number of benzene rings is 2. The molecule has 6 heteroatoms. The van der Waals surface area contributed by atoms with Crippen molar-refractivity contribution >= 4 is 16.7 Å². The summed E-state index contributed by atoms with van der Waals surface area (Å²) in [6.07, 6.45) is 2.15. The highest BCUT2D eigenvalue weighted by Gasteiger charge is 2.10. The highest BCUT2D eigenvalue weighted by molar-refractivity contribution is 5.79. The number of fused-ring (bicyclic) bond motifs is 1. The first-order valence-corrected chi connectivity index (χ1v) is 11.4. The minimum Gasteiger partial charge on any atom is -0.492 e. The molecule has 1 aromatic heterocycles. The first-order chi connectivity index (χ1) is 15.2. The van der Waals surface area contributed by atoms with E-state index in [1.165, 1.54) is 5.56 Å². The molecule has 4 rings (SSSR count). The molecule has 6 nitrogen and oxygen atoms in total. The number of rotatable bonds is 10. The van der Waals surface area contributed by atoms with Crippen molar-refractivity contribution in [3.8, 4) is 5.75 Å². The number of aromatic amines is 1. The van der Waals surface area contributed by atoms with Gasteiger partial charge >= 0.3 is 0 Å². The van der Waals surface area contributed by atoms with Crippen LogP contribution in [0.1, 0.15) is 31.7 Å². The van der Waals surface area contributed by atoms with Gasteiger partial charge in [0.25, 0.3) is 0 Å². The van der Waals surface area contributed by atoms with E-state index in [0.29, 0.717) is 12.5 Å². The molecule has 0 bridgehead atoms. The average molecular weight is 423 g/mol. The Morgan fingerprint density at radius 1 is 1.13 bits per heavy atom. The fourth-order valence-corrected chi connectivity index (χ4v) is 3.74. The van der Waals surface area contributed by atoms with E-state index in [0.717, 1.165) is 80.5 Å². The summed E-state index contributed by atoms with van der Waals surface area (Å²) in [5.41, 5.74) is 4.44. The molecule has 3 aromatic rings. The lowest BCUT2D eigenvalue weighted by Crippen LogP contribution is -2.38. The minimum atomic E-state index is 0.687. The number of morpholine rings is 1. The second kappa shape index (κ2) is 10.6. The second-order valence-electron chi connectivity index (χ2n) is 8.65. The molecule has 0 amide bonds. The number of hydrogen-bond donors (Lipinski definition) is 2. The van der Waals surface area contributed by atoms with Crippen LogP contribution in [-0.2, 0) is 17.7 Å². The summed E-state index contributed by atoms with van der Waals surface area (Å²) in [7, 11) is 0. The van der Waals surface area contributed by atoms with E-state index in [1.807, 2.05) is 0 Å². The van der Waals surface area contributed by atoms with E-state index >= 15 is 0 Å². The van der Waals surface area contributed by atoms with Crippen molar-refractivity contribution in [3.63, 3.8) is 0 Å². The number of anilines is 1. The summed E-state index contributed by atoms with van der Waals surface area (Å²) in [5, 5.41) is 3.51. The summed E-state index contributed by atoms with van der Waals surface area (Å²) in [5.74, 6) is 2.68. The van der Waals surface area contributed by atoms with Crippen molar-refractivity contribution in [1.29, 1.82) is 0 Å². The molecule has 2 N–H and O–H groups in total. The van der Waals surface area contributed by atoms with E-state index in [-0.39, 0.29) is 0 Å². The number of ether oxygens (including phenoxy) is 2. The SMILES string of the molecule is CC(C)CCc1nc2ccc(NCc3ccc(OCCN4CCOCC4)cc3)cc2[nH]1. The molecule has 1 fully saturated rings. The highest BCUT2D eigenvalue weighted by Crippen LogP contribution is 2.20. The van der Waals surface area contributed by atoms with Crippen molar-refractivity contribution in [3.05, 3.63) is 53.9 Å². The fourth-order valence-electron chi connectivity index (χ4n) is 3.74. The third-order valence-electron chi connectivity index (χ3n) is 5.69. The van der Waals surface area contributed by atoms with Crippen LogP contribution in [0.5, 0.6) is 5.75 Å². The topological polar surface area (TPSA) is 62.4 Å². The lowest BCUT2D eigenvalue weighted by atomic mass is 10.1. The van der Waals surface area contributed by atoms with Crippen LogP contribution >= 0.6 is 0 Å². The van der Waals surface area contributed by atoms with E-state index in [4.69, 9.17) is 14.5 Å². The Kier molecular flexibility index (Phi) is 7.43. The number of aromatic nitrogens is 2. The highest BCUT2D eigenvalue weighted by atomic mass is 16.5. The first kappa shape index (κ1) is 21.7. The Bertz CT molecular complexity index is 946. The second-order valence-corrected chi connectivity index (χ2v) is 8.65. The molecule has 0 radical (unpaired) electrons. The van der Waals surface area contributed by atoms with Crippen LogP contribution in [0.2, 0.25) is 0 Å². The molecule has 2 aromatic carbocycles. The zero-order chi connectivity index (χ0) is 21.5. The number of hydrogen-bond acceptors (Lipinski definition) is 5. The van der Waals surface area contributed by atoms with Crippen LogP contribution in [0, 0.1) is 5.92 Å². The molecule has 0 atom stereocenters. The van der Waals surface area contributed by atoms with E-state index < -0.39 is 0 Å². The van der Waals surface area contributed by atoms with Crippen molar-refractivity contribution in [2.24, 2.45) is 5.92 Å². The lowest BCUT2D eigenvalue weighted by molar-refractivity contribution is 0.0322. The summed E-state index contributed by atoms with van der Waals surface area (Å²) < 4.78 is 11.3. The predicted octanol–water partition coefficient (Wildman–Crippen LogP) is 4.47. The van der Waals surface area contributed by atoms with Gasteiger partial charge < -0.3 is 19.8 Å². The zero-order valence-corrected chi connectivity index (χ0v) is 18.7. The summed E-state index contributed by atoms with van der Waals surface area (Å²) in [6, 6.07) is 14.7. The number of H-pyrrole nitrogens is 1. The molecule has 0 saturated carbocycles. The smallest absolute Gasteiger partial charge is 0.119 e. The van der Waals surface area contributed by atoms with Crippen molar-refractivity contribution in [2.45, 2.75) is 33.2 Å². The minimum absolute atomic E-state index is 0.687. The Morgan fingerprint density at radius 2 is 1.94 bits per heavy atom. The number of nitrogens with zero attached hydrogens (tertiary/aromatic N) is 2. The monoisotopic (exact) mass is 422 g/mol. The number of nitrogens with one attached hydrogen (secondary N) is 2. The third-order valence-corrected chi connectivity index (χ3v) is 5.69. The Hall–Kier alpha value is -2.57. The third kappa shape index (κ3) is 6.45. The number of imidazole rings is 1. The maximum atomic E-state index is 5.90. The lowest BCUT2D eigenvalue weighted by Gasteiger charge is -2.26. The molecule has 0 aliphatic carbocycles. The zero-order valence-electron chi connectivity index (χ0n) is 18.7. The molecule has 1 aliphatic rings. The van der Waals surface area contributed by atoms with Crippen LogP contribution < -0.4 is 10.1 Å². The van der Waals surface area contributed by atoms with Crippen molar-refractivity contribution in [2.75, 3.05) is 44.8 Å². The van der Waals surface area contributed by atoms with E-state index in [1.54, 1.807) is 0 Å². The van der Waals surface area contributed by atoms with Gasteiger partial charge in [0.05, 0.1) is 24.2 Å². The standard InChI is InChI=1S/C25H34N4O2/c1-19(2)3-10-25-27-23-9-6-21(17-24(23)28-25)26-18-20-4-7-22(8-5-20)31-16-13-29-11-14-30-15-12-29/h4-9,17,19,26H,3,10-16,18H2,1-2H3,(H,27,28). The first-order valence-electron chi connectivity index (χ1n) is 11.4. The number of aryl methyl sites for hydroxylation is 1. The van der Waals surface area contributed by atoms with Crippen LogP contribution in [0.3, 0.4) is 0 Å². The van der Waals surface area contributed by atoms with Gasteiger partial charge in [-0.3, -0.25) is 4.90 Å². The Labute approximate surface area is 185 Å². The van der Waals surface area contributed by atoms with Gasteiger partial charge in [0.15, 0.2) is 0 Å². The summed E-state index contributed by atoms with van der Waals surface area (Å²) >= 11 is 0. The average Bonchev–Trinajstić information content (AvgIpc) is 3.20. The maximum absolute atomic E-state index is 5.90. The Balaban J connectivity index is 1.25. The normalized spacial score (nSPS) is 14.9. The van der Waals surface area contributed by atoms with Gasteiger partial charge in [0.1, 0.15) is 18.2 Å². The molecular weight excluding hydrogens is 388 g/mol. The van der Waals surface area contributed by atoms with Crippen molar-refractivity contribution in [1.82, 2.24) is 14.9 Å². The molecule has 0 spiro atoms. The van der Waals surface area contributed by atoms with Gasteiger partial charge in [-0.25, -0.2) is 4.98 Å². The van der Waals surface area contributed by atoms with Crippen molar-refractivity contribution < 1.29 is 9.47 Å². The quantitative estimate of drug-likeness (QED) is 0.505. The molecule has 31 heavy (non-hydrogen) atoms. The fraction of sp³-hybridized carbons (Fsp3) is 0.480. The van der Waals surface area contributed by atoms with Gasteiger partial charge in [-0.05, 0) is 48.2 Å². The van der Waals surface area contributed by atoms with Gasteiger partial charge in [0, 0.05) is 38.3 Å². The molecule has 2 heterocycles. The molecule has 1 aliphatic heterocycles. The van der Waals surface area contributed by atoms with Crippen LogP contribution in [0.25, 0.3) is 11.0 Å². The van der Waals surface area contributed by atoms with Gasteiger partial charge in [-0.1, -0.05) is 26.0 Å². The van der Waals surface area contributed by atoms with Crippen LogP contribution in [0.4, 0.5) is 5.69 Å². The van der Waals surface area contributed by atoms with Crippen LogP contribution in [-0.4, -0.2) is 54.3 Å². The molecule has 0 unspecified atom stereocenters. The van der Waals surface area contributed by atoms with Crippen LogP contribution in [0.15, 0.2) is 42.5 Å². The van der Waals surface area contributed by atoms with Gasteiger partial charge in [0.2, 0.25) is 0 Å². The summed E-state index contributed by atoms with van der Waals surface area (Å²) in [6.45, 7) is 10.6. The Morgan fingerprint density at radius 3 is 2.71 bits per heavy atom. The maximum Gasteiger partial charge on any atom is 0.119 e.